The normalized spacial score (nSPS) is 15.0. The lowest BCUT2D eigenvalue weighted by Crippen LogP contribution is -2.49. The molecule has 3 aromatic rings. The molecule has 7 nitrogen and oxygen atoms in total. The van der Waals surface area contributed by atoms with Gasteiger partial charge in [-0.3, -0.25) is 0 Å². The number of benzene rings is 2. The van der Waals surface area contributed by atoms with Crippen LogP contribution in [0.3, 0.4) is 0 Å². The van der Waals surface area contributed by atoms with Crippen molar-refractivity contribution < 1.29 is 8.42 Å². The number of hydrogen-bond donors (Lipinski definition) is 1. The Morgan fingerprint density at radius 1 is 0.788 bits per heavy atom. The minimum atomic E-state index is -3.54. The molecule has 0 aliphatic carbocycles. The second kappa shape index (κ2) is 9.11. The number of piperazine rings is 1. The molecule has 2 heterocycles. The highest BCUT2D eigenvalue weighted by Crippen LogP contribution is 2.26. The summed E-state index contributed by atoms with van der Waals surface area (Å²) >= 11 is 0. The number of hydrogen-bond acceptors (Lipinski definition) is 6. The molecule has 4 rings (SSSR count). The van der Waals surface area contributed by atoms with Gasteiger partial charge in [-0.2, -0.15) is 9.29 Å². The summed E-state index contributed by atoms with van der Waals surface area (Å²) in [6.45, 7) is 11.8. The van der Waals surface area contributed by atoms with Crippen LogP contribution in [0.4, 0.5) is 17.5 Å². The maximum atomic E-state index is 13.3. The second-order valence-electron chi connectivity index (χ2n) is 8.78. The van der Waals surface area contributed by atoms with Gasteiger partial charge in [0.2, 0.25) is 16.0 Å². The molecule has 0 atom stereocenters. The van der Waals surface area contributed by atoms with Crippen molar-refractivity contribution in [2.75, 3.05) is 36.4 Å². The summed E-state index contributed by atoms with van der Waals surface area (Å²) in [6.07, 6.45) is 0. The van der Waals surface area contributed by atoms with Crippen LogP contribution in [0, 0.1) is 34.6 Å². The minimum Gasteiger partial charge on any atom is -0.354 e. The third-order valence-corrected chi connectivity index (χ3v) is 8.16. The molecule has 2 aromatic carbocycles. The van der Waals surface area contributed by atoms with E-state index in [0.717, 1.165) is 33.9 Å². The fourth-order valence-electron chi connectivity index (χ4n) is 4.04. The van der Waals surface area contributed by atoms with E-state index < -0.39 is 10.0 Å². The summed E-state index contributed by atoms with van der Waals surface area (Å²) in [6, 6.07) is 13.8. The van der Waals surface area contributed by atoms with Crippen LogP contribution in [-0.4, -0.2) is 48.9 Å². The monoisotopic (exact) mass is 465 g/mol. The Morgan fingerprint density at radius 2 is 1.42 bits per heavy atom. The van der Waals surface area contributed by atoms with Gasteiger partial charge in [0.25, 0.3) is 0 Å². The average molecular weight is 466 g/mol. The maximum absolute atomic E-state index is 13.3. The van der Waals surface area contributed by atoms with Gasteiger partial charge in [-0.05, 0) is 69.5 Å². The van der Waals surface area contributed by atoms with Gasteiger partial charge < -0.3 is 10.2 Å². The lowest BCUT2D eigenvalue weighted by atomic mass is 10.1. The van der Waals surface area contributed by atoms with Crippen LogP contribution in [0.5, 0.6) is 0 Å². The van der Waals surface area contributed by atoms with Crippen LogP contribution in [0.1, 0.15) is 27.9 Å². The molecule has 33 heavy (non-hydrogen) atoms. The van der Waals surface area contributed by atoms with Gasteiger partial charge in [-0.15, -0.1) is 0 Å². The molecule has 0 bridgehead atoms. The molecule has 0 amide bonds. The molecule has 8 heteroatoms. The molecule has 0 unspecified atom stereocenters. The van der Waals surface area contributed by atoms with Gasteiger partial charge in [0.15, 0.2) is 0 Å². The average Bonchev–Trinajstić information content (AvgIpc) is 2.77. The molecule has 1 aliphatic heterocycles. The largest absolute Gasteiger partial charge is 0.354 e. The molecule has 0 radical (unpaired) electrons. The topological polar surface area (TPSA) is 78.4 Å². The van der Waals surface area contributed by atoms with Gasteiger partial charge >= 0.3 is 0 Å². The van der Waals surface area contributed by atoms with Crippen LogP contribution in [-0.2, 0) is 10.0 Å². The molecule has 1 aromatic heterocycles. The highest BCUT2D eigenvalue weighted by atomic mass is 32.2. The maximum Gasteiger partial charge on any atom is 0.243 e. The highest BCUT2D eigenvalue weighted by molar-refractivity contribution is 7.89. The van der Waals surface area contributed by atoms with Gasteiger partial charge in [0, 0.05) is 43.6 Å². The first-order valence-corrected chi connectivity index (χ1v) is 12.6. The standard InChI is InChI=1S/C25H31N5O2S/c1-17-6-8-22(9-7-17)27-25-26-21(5)16-24(28-25)29-10-12-30(13-11-29)33(31,32)23-15-19(3)18(2)14-20(23)4/h6-9,14-16H,10-13H2,1-5H3,(H,26,27,28). The van der Waals surface area contributed by atoms with E-state index in [1.807, 2.05) is 71.0 Å². The van der Waals surface area contributed by atoms with Crippen molar-refractivity contribution in [3.63, 3.8) is 0 Å². The molecule has 1 N–H and O–H groups in total. The van der Waals surface area contributed by atoms with E-state index in [1.165, 1.54) is 5.56 Å². The second-order valence-corrected chi connectivity index (χ2v) is 10.7. The molecule has 174 valence electrons. The van der Waals surface area contributed by atoms with Crippen LogP contribution in [0.2, 0.25) is 0 Å². The van der Waals surface area contributed by atoms with Gasteiger partial charge in [-0.1, -0.05) is 23.8 Å². The number of nitrogens with one attached hydrogen (secondary N) is 1. The Hall–Kier alpha value is -2.97. The van der Waals surface area contributed by atoms with Crippen molar-refractivity contribution >= 4 is 27.5 Å². The molecule has 0 spiro atoms. The van der Waals surface area contributed by atoms with Crippen molar-refractivity contribution in [2.45, 2.75) is 39.5 Å². The first kappa shape index (κ1) is 23.2. The number of nitrogens with zero attached hydrogens (tertiary/aromatic N) is 4. The first-order valence-electron chi connectivity index (χ1n) is 11.2. The number of sulfonamides is 1. The minimum absolute atomic E-state index is 0.404. The third-order valence-electron chi connectivity index (χ3n) is 6.12. The van der Waals surface area contributed by atoms with Crippen LogP contribution >= 0.6 is 0 Å². The number of rotatable bonds is 5. The van der Waals surface area contributed by atoms with E-state index in [2.05, 4.69) is 15.2 Å². The summed E-state index contributed by atoms with van der Waals surface area (Å²) in [5, 5.41) is 3.27. The highest BCUT2D eigenvalue weighted by Gasteiger charge is 2.30. The summed E-state index contributed by atoms with van der Waals surface area (Å²) < 4.78 is 28.2. The molecule has 1 fully saturated rings. The quantitative estimate of drug-likeness (QED) is 0.606. The van der Waals surface area contributed by atoms with E-state index in [4.69, 9.17) is 4.98 Å². The Labute approximate surface area is 196 Å². The van der Waals surface area contributed by atoms with Crippen LogP contribution in [0.25, 0.3) is 0 Å². The number of aryl methyl sites for hydroxylation is 5. The summed E-state index contributed by atoms with van der Waals surface area (Å²) in [5.74, 6) is 1.34. The van der Waals surface area contributed by atoms with Gasteiger partial charge in [0.1, 0.15) is 5.82 Å². The fraction of sp³-hybridized carbons (Fsp3) is 0.360. The van der Waals surface area contributed by atoms with E-state index in [-0.39, 0.29) is 0 Å². The predicted molar refractivity (Wildman–Crippen MR) is 133 cm³/mol. The van der Waals surface area contributed by atoms with E-state index in [1.54, 1.807) is 10.4 Å². The van der Waals surface area contributed by atoms with E-state index in [0.29, 0.717) is 37.0 Å². The molecule has 1 saturated heterocycles. The lowest BCUT2D eigenvalue weighted by molar-refractivity contribution is 0.383. The van der Waals surface area contributed by atoms with E-state index >= 15 is 0 Å². The van der Waals surface area contributed by atoms with Crippen molar-refractivity contribution in [1.82, 2.24) is 14.3 Å². The summed E-state index contributed by atoms with van der Waals surface area (Å²) in [7, 11) is -3.54. The molecule has 0 saturated carbocycles. The van der Waals surface area contributed by atoms with Crippen molar-refractivity contribution in [2.24, 2.45) is 0 Å². The van der Waals surface area contributed by atoms with Crippen molar-refractivity contribution in [3.05, 3.63) is 70.4 Å². The third kappa shape index (κ3) is 5.02. The van der Waals surface area contributed by atoms with Crippen LogP contribution in [0.15, 0.2) is 47.4 Å². The molecular formula is C25H31N5O2S. The van der Waals surface area contributed by atoms with E-state index in [9.17, 15) is 8.42 Å². The Balaban J connectivity index is 1.49. The zero-order valence-corrected chi connectivity index (χ0v) is 20.7. The number of anilines is 3. The Kier molecular flexibility index (Phi) is 6.41. The summed E-state index contributed by atoms with van der Waals surface area (Å²) in [4.78, 5) is 11.7. The van der Waals surface area contributed by atoms with Gasteiger partial charge in [-0.25, -0.2) is 13.4 Å². The first-order chi connectivity index (χ1) is 15.6. The predicted octanol–water partition coefficient (Wildman–Crippen LogP) is 4.27. The van der Waals surface area contributed by atoms with Crippen molar-refractivity contribution in [3.8, 4) is 0 Å². The molecular weight excluding hydrogens is 434 g/mol. The van der Waals surface area contributed by atoms with Crippen LogP contribution < -0.4 is 10.2 Å². The SMILES string of the molecule is Cc1ccc(Nc2nc(C)cc(N3CCN(S(=O)(=O)c4cc(C)c(C)cc4C)CC3)n2)cc1. The Morgan fingerprint density at radius 3 is 2.09 bits per heavy atom. The zero-order valence-electron chi connectivity index (χ0n) is 19.9. The number of aromatic nitrogens is 2. The van der Waals surface area contributed by atoms with Crippen molar-refractivity contribution in [1.29, 1.82) is 0 Å². The lowest BCUT2D eigenvalue weighted by Gasteiger charge is -2.35. The summed E-state index contributed by atoms with van der Waals surface area (Å²) in [5.41, 5.74) is 5.86. The molecule has 1 aliphatic rings. The zero-order chi connectivity index (χ0) is 23.8. The smallest absolute Gasteiger partial charge is 0.243 e. The van der Waals surface area contributed by atoms with Gasteiger partial charge in [0.05, 0.1) is 4.90 Å². The Bertz CT molecular complexity index is 1260. The fourth-order valence-corrected chi connectivity index (χ4v) is 5.76.